The lowest BCUT2D eigenvalue weighted by Gasteiger charge is -2.08. The van der Waals surface area contributed by atoms with Crippen molar-refractivity contribution in [1.82, 2.24) is 0 Å². The first-order valence-electron chi connectivity index (χ1n) is 10.7. The van der Waals surface area contributed by atoms with Crippen molar-refractivity contribution in [3.8, 4) is 5.75 Å². The number of carboxylic acid groups (broad SMARTS) is 1. The van der Waals surface area contributed by atoms with Crippen molar-refractivity contribution in [1.29, 1.82) is 0 Å². The molecule has 0 atom stereocenters. The summed E-state index contributed by atoms with van der Waals surface area (Å²) in [6, 6.07) is 15.9. The molecule has 0 aliphatic heterocycles. The number of rotatable bonds is 8. The quantitative estimate of drug-likeness (QED) is 0.332. The van der Waals surface area contributed by atoms with Crippen LogP contribution in [0.1, 0.15) is 51.8 Å². The third kappa shape index (κ3) is 4.20. The van der Waals surface area contributed by atoms with Crippen LogP contribution in [0.2, 0.25) is 0 Å². The molecule has 174 valence electrons. The normalized spacial score (nSPS) is 11.6. The van der Waals surface area contributed by atoms with Gasteiger partial charge in [-0.2, -0.15) is 0 Å². The molecule has 2 N–H and O–H groups in total. The highest BCUT2D eigenvalue weighted by atomic mass is 32.2. The molecule has 7 nitrogen and oxygen atoms in total. The van der Waals surface area contributed by atoms with Gasteiger partial charge in [-0.15, -0.1) is 0 Å². The topological polar surface area (TPSA) is 122 Å². The van der Waals surface area contributed by atoms with E-state index in [4.69, 9.17) is 9.52 Å². The zero-order valence-corrected chi connectivity index (χ0v) is 19.1. The van der Waals surface area contributed by atoms with Gasteiger partial charge in [-0.05, 0) is 55.0 Å². The highest BCUT2D eigenvalue weighted by Gasteiger charge is 2.24. The maximum absolute atomic E-state index is 13.4. The van der Waals surface area contributed by atoms with E-state index in [0.717, 1.165) is 31.0 Å². The Bertz CT molecular complexity index is 1500. The van der Waals surface area contributed by atoms with Crippen molar-refractivity contribution in [2.75, 3.05) is 0 Å². The molecule has 1 aromatic heterocycles. The summed E-state index contributed by atoms with van der Waals surface area (Å²) in [5, 5.41) is 19.6. The number of phenols is 1. The Morgan fingerprint density at radius 3 is 2.26 bits per heavy atom. The highest BCUT2D eigenvalue weighted by Crippen LogP contribution is 2.31. The van der Waals surface area contributed by atoms with Crippen molar-refractivity contribution in [3.05, 3.63) is 89.2 Å². The number of ketones is 1. The zero-order valence-electron chi connectivity index (χ0n) is 18.3. The molecule has 8 heteroatoms. The molecule has 0 aliphatic carbocycles. The van der Waals surface area contributed by atoms with Gasteiger partial charge in [0.25, 0.3) is 0 Å². The number of carbonyl (C=O) groups is 2. The Morgan fingerprint density at radius 2 is 1.62 bits per heavy atom. The van der Waals surface area contributed by atoms with Crippen LogP contribution in [0.15, 0.2) is 80.9 Å². The van der Waals surface area contributed by atoms with Crippen LogP contribution in [0.5, 0.6) is 5.75 Å². The predicted octanol–water partition coefficient (Wildman–Crippen LogP) is 5.24. The molecule has 3 aromatic carbocycles. The molecule has 4 aromatic rings. The maximum atomic E-state index is 13.4. The maximum Gasteiger partial charge on any atom is 0.339 e. The number of unbranched alkanes of at least 4 members (excludes halogenated alkanes) is 1. The summed E-state index contributed by atoms with van der Waals surface area (Å²) in [4.78, 5) is 24.1. The minimum atomic E-state index is -4.04. The van der Waals surface area contributed by atoms with Crippen molar-refractivity contribution in [2.45, 2.75) is 36.0 Å². The first-order chi connectivity index (χ1) is 16.2. The van der Waals surface area contributed by atoms with Crippen LogP contribution < -0.4 is 0 Å². The third-order valence-electron chi connectivity index (χ3n) is 5.59. The van der Waals surface area contributed by atoms with Crippen LogP contribution in [-0.4, -0.2) is 30.4 Å². The molecule has 0 spiro atoms. The first kappa shape index (κ1) is 23.3. The van der Waals surface area contributed by atoms with Gasteiger partial charge in [0.15, 0.2) is 5.78 Å². The largest absolute Gasteiger partial charge is 0.507 e. The molecular weight excluding hydrogens is 456 g/mol. The average molecular weight is 479 g/mol. The summed E-state index contributed by atoms with van der Waals surface area (Å²) >= 11 is 0. The van der Waals surface area contributed by atoms with Gasteiger partial charge in [0.1, 0.15) is 22.7 Å². The molecule has 1 heterocycles. The van der Waals surface area contributed by atoms with Gasteiger partial charge in [-0.3, -0.25) is 4.79 Å². The Hall–Kier alpha value is -3.91. The summed E-state index contributed by atoms with van der Waals surface area (Å²) in [5.41, 5.74) is 1.02. The van der Waals surface area contributed by atoms with Crippen molar-refractivity contribution in [3.63, 3.8) is 0 Å². The van der Waals surface area contributed by atoms with Crippen LogP contribution >= 0.6 is 0 Å². The fourth-order valence-electron chi connectivity index (χ4n) is 3.78. The molecule has 0 amide bonds. The Labute approximate surface area is 196 Å². The van der Waals surface area contributed by atoms with E-state index in [2.05, 4.69) is 6.92 Å². The number of carboxylic acids is 1. The zero-order chi connectivity index (χ0) is 24.5. The monoisotopic (exact) mass is 478 g/mol. The number of sulfone groups is 1. The number of fused-ring (bicyclic) bond motifs is 1. The summed E-state index contributed by atoms with van der Waals surface area (Å²) in [6.45, 7) is 2.05. The molecule has 0 bridgehead atoms. The van der Waals surface area contributed by atoms with E-state index in [1.165, 1.54) is 24.3 Å². The minimum Gasteiger partial charge on any atom is -0.507 e. The number of aryl methyl sites for hydroxylation is 1. The molecule has 4 rings (SSSR count). The van der Waals surface area contributed by atoms with Gasteiger partial charge in [-0.1, -0.05) is 31.5 Å². The van der Waals surface area contributed by atoms with Crippen molar-refractivity contribution in [2.24, 2.45) is 0 Å². The van der Waals surface area contributed by atoms with Crippen LogP contribution in [0.25, 0.3) is 11.0 Å². The Morgan fingerprint density at radius 1 is 0.941 bits per heavy atom. The third-order valence-corrected chi connectivity index (χ3v) is 7.36. The number of hydrogen-bond acceptors (Lipinski definition) is 6. The summed E-state index contributed by atoms with van der Waals surface area (Å²) in [5.74, 6) is -1.66. The van der Waals surface area contributed by atoms with Crippen molar-refractivity contribution >= 4 is 32.6 Å². The van der Waals surface area contributed by atoms with Gasteiger partial charge in [0.05, 0.1) is 15.4 Å². The van der Waals surface area contributed by atoms with E-state index < -0.39 is 27.1 Å². The first-order valence-corrected chi connectivity index (χ1v) is 12.2. The SMILES string of the molecule is CCCCc1oc2ccccc2c1C(=O)c1ccc(S(=O)(=O)c2ccc(C(=O)O)c(O)c2)cc1. The number of carbonyl (C=O) groups excluding carboxylic acids is 1. The lowest BCUT2D eigenvalue weighted by atomic mass is 9.98. The van der Waals surface area contributed by atoms with Crippen LogP contribution in [0.3, 0.4) is 0 Å². The highest BCUT2D eigenvalue weighted by molar-refractivity contribution is 7.91. The van der Waals surface area contributed by atoms with Crippen LogP contribution in [0.4, 0.5) is 0 Å². The predicted molar refractivity (Wildman–Crippen MR) is 125 cm³/mol. The standard InChI is InChI=1S/C26H22O7S/c1-2-3-7-23-24(20-6-4-5-8-22(20)33-23)25(28)16-9-11-17(12-10-16)34(31,32)18-13-14-19(26(29)30)21(27)15-18/h4-6,8-15,27H,2-3,7H2,1H3,(H,29,30). The Kier molecular flexibility index (Phi) is 6.26. The number of furan rings is 1. The fraction of sp³-hybridized carbons (Fsp3) is 0.154. The van der Waals surface area contributed by atoms with E-state index in [0.29, 0.717) is 34.3 Å². The van der Waals surface area contributed by atoms with Crippen molar-refractivity contribution < 1.29 is 32.6 Å². The molecular formula is C26H22O7S. The van der Waals surface area contributed by atoms with E-state index in [1.807, 2.05) is 24.3 Å². The van der Waals surface area contributed by atoms with E-state index >= 15 is 0 Å². The fourth-order valence-corrected chi connectivity index (χ4v) is 5.06. The second-order valence-corrected chi connectivity index (χ2v) is 9.79. The van der Waals surface area contributed by atoms with Gasteiger partial charge in [0, 0.05) is 17.4 Å². The summed E-state index contributed by atoms with van der Waals surface area (Å²) in [6.07, 6.45) is 2.43. The van der Waals surface area contributed by atoms with Gasteiger partial charge >= 0.3 is 5.97 Å². The lowest BCUT2D eigenvalue weighted by Crippen LogP contribution is -2.06. The molecule has 34 heavy (non-hydrogen) atoms. The average Bonchev–Trinajstić information content (AvgIpc) is 3.20. The number of para-hydroxylation sites is 1. The summed E-state index contributed by atoms with van der Waals surface area (Å²) < 4.78 is 31.9. The number of hydrogen-bond donors (Lipinski definition) is 2. The van der Waals surface area contributed by atoms with E-state index in [9.17, 15) is 23.1 Å². The van der Waals surface area contributed by atoms with E-state index in [-0.39, 0.29) is 15.6 Å². The molecule has 0 radical (unpaired) electrons. The second-order valence-electron chi connectivity index (χ2n) is 7.84. The molecule has 0 unspecified atom stereocenters. The number of aromatic hydroxyl groups is 1. The van der Waals surface area contributed by atoms with Crippen LogP contribution in [-0.2, 0) is 16.3 Å². The molecule has 0 saturated carbocycles. The molecule has 0 fully saturated rings. The second kappa shape index (κ2) is 9.15. The van der Waals surface area contributed by atoms with Gasteiger partial charge in [-0.25, -0.2) is 13.2 Å². The van der Waals surface area contributed by atoms with E-state index in [1.54, 1.807) is 0 Å². The minimum absolute atomic E-state index is 0.0882. The molecule has 0 saturated heterocycles. The smallest absolute Gasteiger partial charge is 0.339 e. The Balaban J connectivity index is 1.69. The summed E-state index contributed by atoms with van der Waals surface area (Å²) in [7, 11) is -4.04. The number of benzene rings is 3. The lowest BCUT2D eigenvalue weighted by molar-refractivity contribution is 0.0693. The van der Waals surface area contributed by atoms with Crippen LogP contribution in [0, 0.1) is 0 Å². The van der Waals surface area contributed by atoms with Gasteiger partial charge < -0.3 is 14.6 Å². The molecule has 0 aliphatic rings. The van der Waals surface area contributed by atoms with Gasteiger partial charge in [0.2, 0.25) is 9.84 Å². The number of aromatic carboxylic acids is 1.